The van der Waals surface area contributed by atoms with Gasteiger partial charge in [-0.25, -0.2) is 9.97 Å². The highest BCUT2D eigenvalue weighted by Crippen LogP contribution is 2.27. The van der Waals surface area contributed by atoms with Crippen molar-refractivity contribution in [2.45, 2.75) is 6.92 Å². The van der Waals surface area contributed by atoms with Crippen molar-refractivity contribution in [1.29, 1.82) is 0 Å². The van der Waals surface area contributed by atoms with Gasteiger partial charge in [-0.2, -0.15) is 0 Å². The summed E-state index contributed by atoms with van der Waals surface area (Å²) >= 11 is 0. The summed E-state index contributed by atoms with van der Waals surface area (Å²) in [6.45, 7) is 2.03. The number of carbonyl (C=O) groups excluding carboxylic acids is 1. The van der Waals surface area contributed by atoms with Gasteiger partial charge in [0.1, 0.15) is 11.5 Å². The first-order valence-electron chi connectivity index (χ1n) is 10.1. The van der Waals surface area contributed by atoms with Crippen LogP contribution in [0, 0.1) is 6.92 Å². The van der Waals surface area contributed by atoms with Crippen LogP contribution in [0.3, 0.4) is 0 Å². The predicted octanol–water partition coefficient (Wildman–Crippen LogP) is 5.39. The van der Waals surface area contributed by atoms with Gasteiger partial charge in [-0.05, 0) is 61.5 Å². The number of nitrogens with one attached hydrogen (secondary N) is 1. The van der Waals surface area contributed by atoms with Crippen molar-refractivity contribution < 1.29 is 14.3 Å². The van der Waals surface area contributed by atoms with E-state index in [0.29, 0.717) is 17.0 Å². The molecule has 0 atom stereocenters. The van der Waals surface area contributed by atoms with Crippen molar-refractivity contribution >= 4 is 11.9 Å². The number of hydrogen-bond acceptors (Lipinski definition) is 5. The second-order valence-electron chi connectivity index (χ2n) is 7.24. The van der Waals surface area contributed by atoms with Crippen LogP contribution in [-0.2, 0) is 0 Å². The Morgan fingerprint density at radius 3 is 1.69 bits per heavy atom. The molecule has 1 heterocycles. The van der Waals surface area contributed by atoms with Gasteiger partial charge >= 0.3 is 0 Å². The number of amides is 1. The van der Waals surface area contributed by atoms with Crippen LogP contribution in [0.1, 0.15) is 15.9 Å². The van der Waals surface area contributed by atoms with E-state index in [0.717, 1.165) is 28.1 Å². The van der Waals surface area contributed by atoms with Crippen LogP contribution < -0.4 is 14.8 Å². The largest absolute Gasteiger partial charge is 0.497 e. The monoisotopic (exact) mass is 425 g/mol. The lowest BCUT2D eigenvalue weighted by atomic mass is 10.1. The molecule has 1 N–H and O–H groups in total. The molecule has 3 aromatic carbocycles. The van der Waals surface area contributed by atoms with Gasteiger partial charge in [-0.3, -0.25) is 10.1 Å². The van der Waals surface area contributed by atoms with E-state index in [9.17, 15) is 4.79 Å². The number of aromatic nitrogens is 2. The lowest BCUT2D eigenvalue weighted by molar-refractivity contribution is 0.102. The van der Waals surface area contributed by atoms with E-state index < -0.39 is 0 Å². The Labute approximate surface area is 186 Å². The molecule has 0 aliphatic rings. The summed E-state index contributed by atoms with van der Waals surface area (Å²) in [7, 11) is 3.21. The molecule has 0 saturated heterocycles. The van der Waals surface area contributed by atoms with Crippen LogP contribution in [0.4, 0.5) is 5.95 Å². The second-order valence-corrected chi connectivity index (χ2v) is 7.24. The lowest BCUT2D eigenvalue weighted by Crippen LogP contribution is -2.14. The number of anilines is 1. The summed E-state index contributed by atoms with van der Waals surface area (Å²) < 4.78 is 10.4. The summed E-state index contributed by atoms with van der Waals surface area (Å²) in [5.74, 6) is 1.37. The Morgan fingerprint density at radius 1 is 0.719 bits per heavy atom. The molecule has 32 heavy (non-hydrogen) atoms. The number of hydrogen-bond donors (Lipinski definition) is 1. The van der Waals surface area contributed by atoms with Crippen LogP contribution in [-0.4, -0.2) is 30.1 Å². The van der Waals surface area contributed by atoms with Crippen LogP contribution in [0.5, 0.6) is 11.5 Å². The van der Waals surface area contributed by atoms with Gasteiger partial charge < -0.3 is 9.47 Å². The maximum Gasteiger partial charge on any atom is 0.258 e. The minimum absolute atomic E-state index is 0.231. The zero-order valence-corrected chi connectivity index (χ0v) is 18.1. The lowest BCUT2D eigenvalue weighted by Gasteiger charge is -2.11. The Morgan fingerprint density at radius 2 is 1.19 bits per heavy atom. The summed E-state index contributed by atoms with van der Waals surface area (Å²) in [5, 5.41) is 2.82. The highest BCUT2D eigenvalue weighted by molar-refractivity contribution is 6.03. The fourth-order valence-electron chi connectivity index (χ4n) is 3.20. The quantitative estimate of drug-likeness (QED) is 0.448. The molecule has 4 aromatic rings. The second kappa shape index (κ2) is 9.31. The molecule has 1 aromatic heterocycles. The first-order chi connectivity index (χ1) is 15.6. The Hall–Kier alpha value is -4.19. The molecule has 0 aliphatic carbocycles. The molecular weight excluding hydrogens is 402 g/mol. The molecule has 0 spiro atoms. The van der Waals surface area contributed by atoms with Crippen molar-refractivity contribution in [2.75, 3.05) is 19.5 Å². The number of ether oxygens (including phenoxy) is 2. The highest BCUT2D eigenvalue weighted by atomic mass is 16.5. The van der Waals surface area contributed by atoms with E-state index >= 15 is 0 Å². The van der Waals surface area contributed by atoms with Gasteiger partial charge in [0.2, 0.25) is 5.95 Å². The van der Waals surface area contributed by atoms with Crippen LogP contribution in [0.2, 0.25) is 0 Å². The SMILES string of the molecule is COc1ccc(C(=O)Nc2nc(-c3ccc(C)cc3)cc(-c3ccc(OC)cc3)n2)cc1. The van der Waals surface area contributed by atoms with E-state index in [2.05, 4.69) is 15.3 Å². The molecule has 4 rings (SSSR count). The van der Waals surface area contributed by atoms with Gasteiger partial charge in [0, 0.05) is 16.7 Å². The number of aryl methyl sites for hydroxylation is 1. The van der Waals surface area contributed by atoms with Crippen LogP contribution in [0.15, 0.2) is 78.9 Å². The Balaban J connectivity index is 1.71. The third kappa shape index (κ3) is 4.75. The van der Waals surface area contributed by atoms with Gasteiger partial charge in [-0.15, -0.1) is 0 Å². The molecule has 160 valence electrons. The first-order valence-corrected chi connectivity index (χ1v) is 10.1. The molecule has 0 aliphatic heterocycles. The average Bonchev–Trinajstić information content (AvgIpc) is 2.84. The maximum absolute atomic E-state index is 12.8. The molecule has 6 nitrogen and oxygen atoms in total. The third-order valence-electron chi connectivity index (χ3n) is 5.04. The molecule has 0 radical (unpaired) electrons. The molecule has 0 fully saturated rings. The van der Waals surface area contributed by atoms with E-state index in [-0.39, 0.29) is 11.9 Å². The molecule has 1 amide bonds. The fraction of sp³-hybridized carbons (Fsp3) is 0.115. The summed E-state index contributed by atoms with van der Waals surface area (Å²) in [4.78, 5) is 22.0. The van der Waals surface area contributed by atoms with Crippen molar-refractivity contribution in [3.8, 4) is 34.0 Å². The van der Waals surface area contributed by atoms with E-state index in [1.54, 1.807) is 38.5 Å². The Bertz CT molecular complexity index is 1220. The van der Waals surface area contributed by atoms with E-state index in [1.807, 2.05) is 61.5 Å². The van der Waals surface area contributed by atoms with Crippen LogP contribution in [0.25, 0.3) is 22.5 Å². The van der Waals surface area contributed by atoms with E-state index in [4.69, 9.17) is 9.47 Å². The summed E-state index contributed by atoms with van der Waals surface area (Å²) in [5.41, 5.74) is 4.89. The molecular formula is C26H23N3O3. The third-order valence-corrected chi connectivity index (χ3v) is 5.04. The van der Waals surface area contributed by atoms with Crippen molar-refractivity contribution in [3.05, 3.63) is 90.0 Å². The van der Waals surface area contributed by atoms with Crippen molar-refractivity contribution in [1.82, 2.24) is 9.97 Å². The number of carbonyl (C=O) groups is 1. The van der Waals surface area contributed by atoms with Gasteiger partial charge in [-0.1, -0.05) is 29.8 Å². The zero-order chi connectivity index (χ0) is 22.5. The topological polar surface area (TPSA) is 73.3 Å². The van der Waals surface area contributed by atoms with Gasteiger partial charge in [0.05, 0.1) is 25.6 Å². The molecule has 0 bridgehead atoms. The zero-order valence-electron chi connectivity index (χ0n) is 18.1. The maximum atomic E-state index is 12.8. The Kier molecular flexibility index (Phi) is 6.12. The molecule has 6 heteroatoms. The number of nitrogens with zero attached hydrogens (tertiary/aromatic N) is 2. The van der Waals surface area contributed by atoms with Gasteiger partial charge in [0.25, 0.3) is 5.91 Å². The number of rotatable bonds is 6. The smallest absolute Gasteiger partial charge is 0.258 e. The highest BCUT2D eigenvalue weighted by Gasteiger charge is 2.13. The van der Waals surface area contributed by atoms with Crippen LogP contribution >= 0.6 is 0 Å². The fourth-order valence-corrected chi connectivity index (χ4v) is 3.20. The molecule has 0 unspecified atom stereocenters. The number of benzene rings is 3. The normalized spacial score (nSPS) is 10.5. The minimum atomic E-state index is -0.297. The summed E-state index contributed by atoms with van der Waals surface area (Å²) in [6.07, 6.45) is 0. The van der Waals surface area contributed by atoms with Gasteiger partial charge in [0.15, 0.2) is 0 Å². The minimum Gasteiger partial charge on any atom is -0.497 e. The van der Waals surface area contributed by atoms with E-state index in [1.165, 1.54) is 0 Å². The van der Waals surface area contributed by atoms with Crippen molar-refractivity contribution in [2.24, 2.45) is 0 Å². The van der Waals surface area contributed by atoms with Crippen molar-refractivity contribution in [3.63, 3.8) is 0 Å². The molecule has 0 saturated carbocycles. The average molecular weight is 425 g/mol. The summed E-state index contributed by atoms with van der Waals surface area (Å²) in [6, 6.07) is 24.4. The predicted molar refractivity (Wildman–Crippen MR) is 125 cm³/mol. The number of methoxy groups -OCH3 is 2. The first kappa shape index (κ1) is 21.1. The standard InChI is InChI=1S/C26H23N3O3/c1-17-4-6-18(7-5-17)23-16-24(19-8-12-21(31-2)13-9-19)28-26(27-23)29-25(30)20-10-14-22(32-3)15-11-20/h4-16H,1-3H3,(H,27,28,29,30).